The molecule has 0 spiro atoms. The maximum absolute atomic E-state index is 12.6. The molecule has 2 rings (SSSR count). The van der Waals surface area contributed by atoms with Gasteiger partial charge in [0.15, 0.2) is 0 Å². The van der Waals surface area contributed by atoms with Crippen LogP contribution in [0, 0.1) is 0 Å². The van der Waals surface area contributed by atoms with Crippen LogP contribution >= 0.6 is 11.6 Å². The fourth-order valence-corrected chi connectivity index (χ4v) is 2.35. The van der Waals surface area contributed by atoms with Gasteiger partial charge in [-0.2, -0.15) is 5.10 Å². The second-order valence-electron chi connectivity index (χ2n) is 5.39. The molecule has 0 atom stereocenters. The van der Waals surface area contributed by atoms with Crippen molar-refractivity contribution in [2.75, 3.05) is 6.54 Å². The zero-order chi connectivity index (χ0) is 17.0. The quantitative estimate of drug-likeness (QED) is 0.880. The first kappa shape index (κ1) is 17.0. The fourth-order valence-electron chi connectivity index (χ4n) is 2.17. The van der Waals surface area contributed by atoms with Crippen LogP contribution in [0.3, 0.4) is 0 Å². The van der Waals surface area contributed by atoms with Gasteiger partial charge in [-0.05, 0) is 32.0 Å². The van der Waals surface area contributed by atoms with Crippen molar-refractivity contribution < 1.29 is 14.7 Å². The Morgan fingerprint density at radius 3 is 2.74 bits per heavy atom. The number of aliphatic carboxylic acids is 1. The van der Waals surface area contributed by atoms with Crippen molar-refractivity contribution in [1.29, 1.82) is 0 Å². The number of amides is 1. The summed E-state index contributed by atoms with van der Waals surface area (Å²) in [6, 6.07) is 7.03. The molecule has 0 aliphatic heterocycles. The molecule has 1 aromatic carbocycles. The first-order valence-electron chi connectivity index (χ1n) is 7.22. The predicted molar refractivity (Wildman–Crippen MR) is 87.0 cm³/mol. The first-order valence-corrected chi connectivity index (χ1v) is 7.59. The van der Waals surface area contributed by atoms with Crippen LogP contribution in [0.25, 0.3) is 5.69 Å². The molecule has 6 nitrogen and oxygen atoms in total. The Morgan fingerprint density at radius 1 is 1.39 bits per heavy atom. The van der Waals surface area contributed by atoms with Crippen molar-refractivity contribution >= 4 is 23.5 Å². The number of rotatable bonds is 6. The van der Waals surface area contributed by atoms with Gasteiger partial charge in [-0.3, -0.25) is 9.59 Å². The summed E-state index contributed by atoms with van der Waals surface area (Å²) in [6.45, 7) is 3.86. The molecule has 1 N–H and O–H groups in total. The summed E-state index contributed by atoms with van der Waals surface area (Å²) >= 11 is 5.96. The third kappa shape index (κ3) is 4.32. The number of carbonyl (C=O) groups is 2. The van der Waals surface area contributed by atoms with Crippen LogP contribution in [-0.2, 0) is 4.79 Å². The smallest absolute Gasteiger partial charge is 0.305 e. The first-order chi connectivity index (χ1) is 10.9. The molecule has 122 valence electrons. The Balaban J connectivity index is 2.20. The fraction of sp³-hybridized carbons (Fsp3) is 0.312. The summed E-state index contributed by atoms with van der Waals surface area (Å²) in [7, 11) is 0. The van der Waals surface area contributed by atoms with Crippen LogP contribution in [0.1, 0.15) is 30.6 Å². The molecular weight excluding hydrogens is 318 g/mol. The largest absolute Gasteiger partial charge is 0.481 e. The molecule has 0 saturated carbocycles. The molecule has 23 heavy (non-hydrogen) atoms. The van der Waals surface area contributed by atoms with E-state index in [2.05, 4.69) is 5.10 Å². The highest BCUT2D eigenvalue weighted by atomic mass is 35.5. The summed E-state index contributed by atoms with van der Waals surface area (Å²) in [5, 5.41) is 13.6. The summed E-state index contributed by atoms with van der Waals surface area (Å²) in [6.07, 6.45) is 3.00. The molecule has 2 aromatic rings. The highest BCUT2D eigenvalue weighted by Crippen LogP contribution is 2.16. The number of carbonyl (C=O) groups excluding carboxylic acids is 1. The van der Waals surface area contributed by atoms with Crippen molar-refractivity contribution in [3.05, 3.63) is 47.2 Å². The minimum absolute atomic E-state index is 0.0909. The Morgan fingerprint density at radius 2 is 2.13 bits per heavy atom. The van der Waals surface area contributed by atoms with E-state index >= 15 is 0 Å². The van der Waals surface area contributed by atoms with Crippen molar-refractivity contribution in [2.45, 2.75) is 26.3 Å². The molecule has 0 radical (unpaired) electrons. The molecular formula is C16H18ClN3O3. The molecule has 0 aliphatic rings. The summed E-state index contributed by atoms with van der Waals surface area (Å²) in [4.78, 5) is 24.8. The Bertz CT molecular complexity index is 712. The summed E-state index contributed by atoms with van der Waals surface area (Å²) < 4.78 is 1.56. The van der Waals surface area contributed by atoms with Crippen LogP contribution < -0.4 is 0 Å². The van der Waals surface area contributed by atoms with Gasteiger partial charge in [0.25, 0.3) is 5.91 Å². The van der Waals surface area contributed by atoms with Gasteiger partial charge < -0.3 is 10.0 Å². The van der Waals surface area contributed by atoms with Gasteiger partial charge in [0.05, 0.1) is 23.9 Å². The molecule has 0 saturated heterocycles. The third-order valence-electron chi connectivity index (χ3n) is 3.35. The lowest BCUT2D eigenvalue weighted by Gasteiger charge is -2.25. The van der Waals surface area contributed by atoms with E-state index in [0.29, 0.717) is 10.6 Å². The standard InChI is InChI=1S/C16H18ClN3O3/c1-11(2)19(7-6-15(21)22)16(23)12-9-18-20(10-12)14-5-3-4-13(17)8-14/h3-5,8-11H,6-7H2,1-2H3,(H,21,22). The number of hydrogen-bond donors (Lipinski definition) is 1. The van der Waals surface area contributed by atoms with Gasteiger partial charge in [-0.25, -0.2) is 4.68 Å². The molecule has 7 heteroatoms. The average Bonchev–Trinajstić information content (AvgIpc) is 2.96. The number of carboxylic acids is 1. The summed E-state index contributed by atoms with van der Waals surface area (Å²) in [5.74, 6) is -1.17. The molecule has 0 bridgehead atoms. The minimum atomic E-state index is -0.932. The Hall–Kier alpha value is -2.34. The van der Waals surface area contributed by atoms with E-state index in [1.165, 1.54) is 11.1 Å². The van der Waals surface area contributed by atoms with Crippen molar-refractivity contribution in [2.24, 2.45) is 0 Å². The zero-order valence-corrected chi connectivity index (χ0v) is 13.7. The van der Waals surface area contributed by atoms with Crippen LogP contribution in [-0.4, -0.2) is 44.3 Å². The average molecular weight is 336 g/mol. The van der Waals surface area contributed by atoms with Gasteiger partial charge in [0, 0.05) is 23.8 Å². The van der Waals surface area contributed by atoms with E-state index in [9.17, 15) is 9.59 Å². The van der Waals surface area contributed by atoms with Gasteiger partial charge in [0.2, 0.25) is 0 Å². The normalized spacial score (nSPS) is 10.8. The third-order valence-corrected chi connectivity index (χ3v) is 3.59. The van der Waals surface area contributed by atoms with Crippen LogP contribution in [0.2, 0.25) is 5.02 Å². The van der Waals surface area contributed by atoms with Crippen molar-refractivity contribution in [3.8, 4) is 5.69 Å². The number of halogens is 1. The molecule has 0 fully saturated rings. The van der Waals surface area contributed by atoms with E-state index < -0.39 is 5.97 Å². The zero-order valence-electron chi connectivity index (χ0n) is 12.9. The van der Waals surface area contributed by atoms with E-state index in [4.69, 9.17) is 16.7 Å². The molecule has 1 aromatic heterocycles. The van der Waals surface area contributed by atoms with Crippen LogP contribution in [0.5, 0.6) is 0 Å². The number of carboxylic acid groups (broad SMARTS) is 1. The monoisotopic (exact) mass is 335 g/mol. The van der Waals surface area contributed by atoms with Gasteiger partial charge in [-0.15, -0.1) is 0 Å². The summed E-state index contributed by atoms with van der Waals surface area (Å²) in [5.41, 5.74) is 1.15. The minimum Gasteiger partial charge on any atom is -0.481 e. The highest BCUT2D eigenvalue weighted by Gasteiger charge is 2.21. The topological polar surface area (TPSA) is 75.4 Å². The Kier molecular flexibility index (Phi) is 5.39. The highest BCUT2D eigenvalue weighted by molar-refractivity contribution is 6.30. The lowest BCUT2D eigenvalue weighted by molar-refractivity contribution is -0.137. The maximum Gasteiger partial charge on any atom is 0.305 e. The lowest BCUT2D eigenvalue weighted by Crippen LogP contribution is -2.38. The van der Waals surface area contributed by atoms with E-state index in [0.717, 1.165) is 5.69 Å². The van der Waals surface area contributed by atoms with E-state index in [1.807, 2.05) is 19.9 Å². The number of benzene rings is 1. The van der Waals surface area contributed by atoms with E-state index in [1.54, 1.807) is 29.1 Å². The predicted octanol–water partition coefficient (Wildman–Crippen LogP) is 2.85. The van der Waals surface area contributed by atoms with Crippen LogP contribution in [0.15, 0.2) is 36.7 Å². The van der Waals surface area contributed by atoms with E-state index in [-0.39, 0.29) is 24.9 Å². The molecule has 1 heterocycles. The SMILES string of the molecule is CC(C)N(CCC(=O)O)C(=O)c1cnn(-c2cccc(Cl)c2)c1. The molecule has 1 amide bonds. The van der Waals surface area contributed by atoms with Gasteiger partial charge in [0.1, 0.15) is 0 Å². The second-order valence-corrected chi connectivity index (χ2v) is 5.83. The van der Waals surface area contributed by atoms with Crippen molar-refractivity contribution in [1.82, 2.24) is 14.7 Å². The number of nitrogens with zero attached hydrogens (tertiary/aromatic N) is 3. The molecule has 0 aliphatic carbocycles. The Labute approximate surface area is 139 Å². The van der Waals surface area contributed by atoms with Crippen molar-refractivity contribution in [3.63, 3.8) is 0 Å². The van der Waals surface area contributed by atoms with Crippen LogP contribution in [0.4, 0.5) is 0 Å². The van der Waals surface area contributed by atoms with Gasteiger partial charge in [-0.1, -0.05) is 17.7 Å². The second kappa shape index (κ2) is 7.28. The molecule has 0 unspecified atom stereocenters. The maximum atomic E-state index is 12.6. The number of aromatic nitrogens is 2. The lowest BCUT2D eigenvalue weighted by atomic mass is 10.2. The number of hydrogen-bond acceptors (Lipinski definition) is 3. The van der Waals surface area contributed by atoms with Gasteiger partial charge >= 0.3 is 5.97 Å².